The second-order valence-corrected chi connectivity index (χ2v) is 4.60. The standard InChI is InChI=1S/C8H19NS/c1-5-7(2)10-8(3)6-9-4/h7-9H,5-6H2,1-4H3. The van der Waals surface area contributed by atoms with Crippen molar-refractivity contribution in [3.63, 3.8) is 0 Å². The molecule has 10 heavy (non-hydrogen) atoms. The van der Waals surface area contributed by atoms with Crippen molar-refractivity contribution < 1.29 is 0 Å². The number of rotatable bonds is 5. The van der Waals surface area contributed by atoms with Gasteiger partial charge in [0.1, 0.15) is 0 Å². The molecular weight excluding hydrogens is 142 g/mol. The molecule has 62 valence electrons. The smallest absolute Gasteiger partial charge is 0.0146 e. The van der Waals surface area contributed by atoms with Crippen molar-refractivity contribution in [2.45, 2.75) is 37.7 Å². The highest BCUT2D eigenvalue weighted by atomic mass is 32.2. The fraction of sp³-hybridized carbons (Fsp3) is 1.00. The van der Waals surface area contributed by atoms with E-state index in [0.29, 0.717) is 0 Å². The third kappa shape index (κ3) is 5.12. The molecule has 0 spiro atoms. The maximum absolute atomic E-state index is 3.18. The average Bonchev–Trinajstić information content (AvgIpc) is 1.88. The lowest BCUT2D eigenvalue weighted by molar-refractivity contribution is 0.777. The lowest BCUT2D eigenvalue weighted by Gasteiger charge is -2.14. The Morgan fingerprint density at radius 1 is 1.30 bits per heavy atom. The second-order valence-electron chi connectivity index (χ2n) is 2.72. The van der Waals surface area contributed by atoms with Crippen LogP contribution in [0.3, 0.4) is 0 Å². The Balaban J connectivity index is 3.27. The van der Waals surface area contributed by atoms with Gasteiger partial charge in [0.25, 0.3) is 0 Å². The molecule has 0 aromatic rings. The van der Waals surface area contributed by atoms with Crippen molar-refractivity contribution in [1.29, 1.82) is 0 Å². The zero-order valence-electron chi connectivity index (χ0n) is 7.48. The van der Waals surface area contributed by atoms with Crippen LogP contribution in [-0.2, 0) is 0 Å². The molecule has 0 aromatic carbocycles. The summed E-state index contributed by atoms with van der Waals surface area (Å²) in [7, 11) is 2.01. The van der Waals surface area contributed by atoms with E-state index in [2.05, 4.69) is 37.8 Å². The molecular formula is C8H19NS. The van der Waals surface area contributed by atoms with Crippen LogP contribution in [-0.4, -0.2) is 24.1 Å². The molecule has 0 amide bonds. The van der Waals surface area contributed by atoms with Crippen LogP contribution in [0.1, 0.15) is 27.2 Å². The molecule has 0 saturated heterocycles. The molecule has 0 heterocycles. The number of nitrogens with one attached hydrogen (secondary N) is 1. The molecule has 0 aromatic heterocycles. The first-order chi connectivity index (χ1) is 4.70. The summed E-state index contributed by atoms with van der Waals surface area (Å²) in [5.41, 5.74) is 0. The van der Waals surface area contributed by atoms with Gasteiger partial charge in [0.2, 0.25) is 0 Å². The summed E-state index contributed by atoms with van der Waals surface area (Å²) in [6.45, 7) is 7.92. The highest BCUT2D eigenvalue weighted by Crippen LogP contribution is 2.18. The van der Waals surface area contributed by atoms with Gasteiger partial charge in [0, 0.05) is 17.0 Å². The Hall–Kier alpha value is 0.310. The van der Waals surface area contributed by atoms with Crippen LogP contribution in [0.4, 0.5) is 0 Å². The zero-order chi connectivity index (χ0) is 7.98. The van der Waals surface area contributed by atoms with Gasteiger partial charge in [-0.1, -0.05) is 20.8 Å². The van der Waals surface area contributed by atoms with Crippen molar-refractivity contribution in [3.8, 4) is 0 Å². The van der Waals surface area contributed by atoms with Crippen LogP contribution in [0, 0.1) is 0 Å². The van der Waals surface area contributed by atoms with Crippen LogP contribution in [0.15, 0.2) is 0 Å². The predicted octanol–water partition coefficient (Wildman–Crippen LogP) is 2.13. The minimum atomic E-state index is 0.750. The van der Waals surface area contributed by atoms with Crippen molar-refractivity contribution >= 4 is 11.8 Å². The summed E-state index contributed by atoms with van der Waals surface area (Å²) >= 11 is 2.06. The van der Waals surface area contributed by atoms with Crippen LogP contribution in [0.25, 0.3) is 0 Å². The largest absolute Gasteiger partial charge is 0.319 e. The SMILES string of the molecule is CCC(C)SC(C)CNC. The third-order valence-corrected chi connectivity index (χ3v) is 2.96. The molecule has 0 fully saturated rings. The van der Waals surface area contributed by atoms with Crippen LogP contribution < -0.4 is 5.32 Å². The summed E-state index contributed by atoms with van der Waals surface area (Å²) in [6, 6.07) is 0. The Morgan fingerprint density at radius 2 is 1.90 bits per heavy atom. The van der Waals surface area contributed by atoms with E-state index in [1.54, 1.807) is 0 Å². The molecule has 0 aliphatic carbocycles. The predicted molar refractivity (Wildman–Crippen MR) is 50.7 cm³/mol. The number of hydrogen-bond acceptors (Lipinski definition) is 2. The Labute approximate surface area is 69.0 Å². The maximum Gasteiger partial charge on any atom is 0.0146 e. The number of hydrogen-bond donors (Lipinski definition) is 1. The van der Waals surface area contributed by atoms with Crippen molar-refractivity contribution in [2.24, 2.45) is 0 Å². The topological polar surface area (TPSA) is 12.0 Å². The summed E-state index contributed by atoms with van der Waals surface area (Å²) in [6.07, 6.45) is 1.28. The summed E-state index contributed by atoms with van der Waals surface area (Å²) in [4.78, 5) is 0. The average molecular weight is 161 g/mol. The molecule has 1 N–H and O–H groups in total. The first-order valence-corrected chi connectivity index (χ1v) is 4.95. The highest BCUT2D eigenvalue weighted by molar-refractivity contribution is 8.00. The van der Waals surface area contributed by atoms with E-state index in [0.717, 1.165) is 17.0 Å². The molecule has 2 atom stereocenters. The summed E-state index contributed by atoms with van der Waals surface area (Å²) in [5, 5.41) is 4.73. The second kappa shape index (κ2) is 6.05. The van der Waals surface area contributed by atoms with E-state index in [1.165, 1.54) is 6.42 Å². The first kappa shape index (κ1) is 10.3. The molecule has 0 rings (SSSR count). The van der Waals surface area contributed by atoms with Crippen LogP contribution >= 0.6 is 11.8 Å². The zero-order valence-corrected chi connectivity index (χ0v) is 8.29. The van der Waals surface area contributed by atoms with Gasteiger partial charge >= 0.3 is 0 Å². The highest BCUT2D eigenvalue weighted by Gasteiger charge is 2.05. The van der Waals surface area contributed by atoms with Gasteiger partial charge in [-0.2, -0.15) is 11.8 Å². The van der Waals surface area contributed by atoms with Crippen molar-refractivity contribution in [3.05, 3.63) is 0 Å². The van der Waals surface area contributed by atoms with Crippen molar-refractivity contribution in [2.75, 3.05) is 13.6 Å². The van der Waals surface area contributed by atoms with Crippen LogP contribution in [0.2, 0.25) is 0 Å². The van der Waals surface area contributed by atoms with E-state index in [1.807, 2.05) is 7.05 Å². The molecule has 2 unspecified atom stereocenters. The Bertz CT molecular complexity index is 75.7. The van der Waals surface area contributed by atoms with Gasteiger partial charge < -0.3 is 5.32 Å². The molecule has 0 saturated carbocycles. The first-order valence-electron chi connectivity index (χ1n) is 4.00. The summed E-state index contributed by atoms with van der Waals surface area (Å²) in [5.74, 6) is 0. The van der Waals surface area contributed by atoms with E-state index in [-0.39, 0.29) is 0 Å². The van der Waals surface area contributed by atoms with E-state index in [4.69, 9.17) is 0 Å². The normalized spacial score (nSPS) is 16.8. The van der Waals surface area contributed by atoms with Gasteiger partial charge in [-0.15, -0.1) is 0 Å². The monoisotopic (exact) mass is 161 g/mol. The Morgan fingerprint density at radius 3 is 2.30 bits per heavy atom. The van der Waals surface area contributed by atoms with Crippen LogP contribution in [0.5, 0.6) is 0 Å². The van der Waals surface area contributed by atoms with Gasteiger partial charge in [0.15, 0.2) is 0 Å². The third-order valence-electron chi connectivity index (χ3n) is 1.53. The molecule has 0 radical (unpaired) electrons. The minimum absolute atomic E-state index is 0.750. The lowest BCUT2D eigenvalue weighted by Crippen LogP contribution is -2.19. The van der Waals surface area contributed by atoms with E-state index >= 15 is 0 Å². The van der Waals surface area contributed by atoms with E-state index < -0.39 is 0 Å². The molecule has 0 aliphatic rings. The van der Waals surface area contributed by atoms with Gasteiger partial charge in [0.05, 0.1) is 0 Å². The molecule has 2 heteroatoms. The fourth-order valence-electron chi connectivity index (χ4n) is 0.828. The minimum Gasteiger partial charge on any atom is -0.319 e. The summed E-state index contributed by atoms with van der Waals surface area (Å²) < 4.78 is 0. The van der Waals surface area contributed by atoms with Crippen molar-refractivity contribution in [1.82, 2.24) is 5.32 Å². The molecule has 1 nitrogen and oxygen atoms in total. The quantitative estimate of drug-likeness (QED) is 0.663. The maximum atomic E-state index is 3.18. The number of thioether (sulfide) groups is 1. The molecule has 0 aliphatic heterocycles. The van der Waals surface area contributed by atoms with Gasteiger partial charge in [-0.3, -0.25) is 0 Å². The van der Waals surface area contributed by atoms with Gasteiger partial charge in [-0.25, -0.2) is 0 Å². The lowest BCUT2D eigenvalue weighted by atomic mass is 10.4. The van der Waals surface area contributed by atoms with Gasteiger partial charge in [-0.05, 0) is 13.5 Å². The Kier molecular flexibility index (Phi) is 6.24. The molecule has 0 bridgehead atoms. The van der Waals surface area contributed by atoms with E-state index in [9.17, 15) is 0 Å². The fourth-order valence-corrected chi connectivity index (χ4v) is 2.08.